The van der Waals surface area contributed by atoms with Crippen molar-refractivity contribution in [3.63, 3.8) is 0 Å². The third-order valence-electron chi connectivity index (χ3n) is 3.34. The Morgan fingerprint density at radius 1 is 1.55 bits per heavy atom. The van der Waals surface area contributed by atoms with Crippen molar-refractivity contribution in [3.05, 3.63) is 0 Å². The molecule has 62 valence electrons. The lowest BCUT2D eigenvalue weighted by Gasteiger charge is -2.30. The van der Waals surface area contributed by atoms with Gasteiger partial charge in [0.2, 0.25) is 0 Å². The standard InChI is InChI=1S/C9H16N2/c1-7-6-11-8(10-2)5-9(7)3-4-9/h7H,3-6H2,1-2H3,(H,10,11). The van der Waals surface area contributed by atoms with Gasteiger partial charge in [0.15, 0.2) is 0 Å². The summed E-state index contributed by atoms with van der Waals surface area (Å²) >= 11 is 0. The molecule has 1 unspecified atom stereocenters. The summed E-state index contributed by atoms with van der Waals surface area (Å²) < 4.78 is 0. The Balaban J connectivity index is 2.09. The summed E-state index contributed by atoms with van der Waals surface area (Å²) in [6, 6.07) is 0. The number of aliphatic imine (C=N–C) groups is 1. The molecule has 2 rings (SSSR count). The summed E-state index contributed by atoms with van der Waals surface area (Å²) in [6.45, 7) is 3.49. The van der Waals surface area contributed by atoms with Crippen LogP contribution in [0.25, 0.3) is 0 Å². The molecule has 1 heterocycles. The third-order valence-corrected chi connectivity index (χ3v) is 3.34. The van der Waals surface area contributed by atoms with Gasteiger partial charge in [-0.05, 0) is 24.2 Å². The maximum atomic E-state index is 4.22. The number of nitrogens with zero attached hydrogens (tertiary/aromatic N) is 1. The van der Waals surface area contributed by atoms with E-state index in [1.807, 2.05) is 7.05 Å². The number of amidine groups is 1. The van der Waals surface area contributed by atoms with Gasteiger partial charge in [0.1, 0.15) is 0 Å². The van der Waals surface area contributed by atoms with Crippen LogP contribution in [0.5, 0.6) is 0 Å². The van der Waals surface area contributed by atoms with Gasteiger partial charge in [-0.15, -0.1) is 0 Å². The predicted molar refractivity (Wildman–Crippen MR) is 46.8 cm³/mol. The van der Waals surface area contributed by atoms with Gasteiger partial charge in [-0.1, -0.05) is 6.92 Å². The Hall–Kier alpha value is -0.530. The number of rotatable bonds is 0. The second-order valence-corrected chi connectivity index (χ2v) is 3.99. The van der Waals surface area contributed by atoms with Crippen LogP contribution in [0.4, 0.5) is 0 Å². The molecule has 2 heteroatoms. The summed E-state index contributed by atoms with van der Waals surface area (Å²) in [5.41, 5.74) is 0.667. The van der Waals surface area contributed by atoms with Gasteiger partial charge in [0.25, 0.3) is 0 Å². The maximum Gasteiger partial charge on any atom is 0.0965 e. The molecular weight excluding hydrogens is 136 g/mol. The number of piperidine rings is 1. The zero-order valence-electron chi connectivity index (χ0n) is 7.35. The molecule has 1 aliphatic carbocycles. The van der Waals surface area contributed by atoms with E-state index in [1.165, 1.54) is 25.1 Å². The zero-order chi connectivity index (χ0) is 7.90. The lowest BCUT2D eigenvalue weighted by Crippen LogP contribution is -2.40. The molecule has 0 aromatic rings. The zero-order valence-corrected chi connectivity index (χ0v) is 7.35. The molecule has 0 amide bonds. The van der Waals surface area contributed by atoms with Gasteiger partial charge in [-0.2, -0.15) is 0 Å². The Labute approximate surface area is 68.1 Å². The Morgan fingerprint density at radius 3 is 2.82 bits per heavy atom. The molecule has 2 fully saturated rings. The molecule has 0 aromatic carbocycles. The van der Waals surface area contributed by atoms with Gasteiger partial charge in [0, 0.05) is 20.0 Å². The molecule has 0 bridgehead atoms. The fourth-order valence-corrected chi connectivity index (χ4v) is 2.05. The highest BCUT2D eigenvalue weighted by Crippen LogP contribution is 2.55. The van der Waals surface area contributed by atoms with E-state index in [-0.39, 0.29) is 0 Å². The quantitative estimate of drug-likeness (QED) is 0.558. The van der Waals surface area contributed by atoms with Gasteiger partial charge in [-0.25, -0.2) is 0 Å². The Bertz CT molecular complexity index is 192. The van der Waals surface area contributed by atoms with Crippen molar-refractivity contribution >= 4 is 5.84 Å². The van der Waals surface area contributed by atoms with E-state index in [0.29, 0.717) is 5.41 Å². The highest BCUT2D eigenvalue weighted by molar-refractivity contribution is 5.84. The van der Waals surface area contributed by atoms with Crippen molar-refractivity contribution in [2.45, 2.75) is 26.2 Å². The van der Waals surface area contributed by atoms with Crippen LogP contribution >= 0.6 is 0 Å². The van der Waals surface area contributed by atoms with Crippen LogP contribution < -0.4 is 5.32 Å². The fraction of sp³-hybridized carbons (Fsp3) is 0.889. The van der Waals surface area contributed by atoms with E-state index in [2.05, 4.69) is 17.2 Å². The highest BCUT2D eigenvalue weighted by atomic mass is 15.0. The second kappa shape index (κ2) is 2.23. The van der Waals surface area contributed by atoms with Gasteiger partial charge in [0.05, 0.1) is 5.84 Å². The fourth-order valence-electron chi connectivity index (χ4n) is 2.05. The summed E-state index contributed by atoms with van der Waals surface area (Å²) in [4.78, 5) is 4.22. The molecule has 1 saturated carbocycles. The molecule has 2 aliphatic rings. The van der Waals surface area contributed by atoms with Crippen molar-refractivity contribution in [2.75, 3.05) is 13.6 Å². The summed E-state index contributed by atoms with van der Waals surface area (Å²) in [7, 11) is 1.88. The SMILES string of the molecule is CN=C1CC2(CC2)C(C)CN1. The minimum absolute atomic E-state index is 0.667. The van der Waals surface area contributed by atoms with Crippen LogP contribution in [0.15, 0.2) is 4.99 Å². The van der Waals surface area contributed by atoms with Crippen LogP contribution in [-0.4, -0.2) is 19.4 Å². The second-order valence-electron chi connectivity index (χ2n) is 3.99. The van der Waals surface area contributed by atoms with E-state index in [9.17, 15) is 0 Å². The molecule has 1 spiro atoms. The number of hydrogen-bond donors (Lipinski definition) is 1. The first-order valence-corrected chi connectivity index (χ1v) is 4.46. The smallest absolute Gasteiger partial charge is 0.0965 e. The van der Waals surface area contributed by atoms with Gasteiger partial charge in [-0.3, -0.25) is 4.99 Å². The minimum atomic E-state index is 0.667. The van der Waals surface area contributed by atoms with E-state index < -0.39 is 0 Å². The lowest BCUT2D eigenvalue weighted by molar-refractivity contribution is 0.315. The van der Waals surface area contributed by atoms with Crippen LogP contribution in [-0.2, 0) is 0 Å². The van der Waals surface area contributed by atoms with Crippen molar-refractivity contribution in [3.8, 4) is 0 Å². The molecule has 2 nitrogen and oxygen atoms in total. The van der Waals surface area contributed by atoms with Crippen molar-refractivity contribution < 1.29 is 0 Å². The lowest BCUT2D eigenvalue weighted by atomic mass is 9.84. The molecule has 0 aromatic heterocycles. The molecule has 1 N–H and O–H groups in total. The van der Waals surface area contributed by atoms with E-state index in [4.69, 9.17) is 0 Å². The van der Waals surface area contributed by atoms with Crippen molar-refractivity contribution in [1.29, 1.82) is 0 Å². The van der Waals surface area contributed by atoms with Crippen LogP contribution in [0.2, 0.25) is 0 Å². The van der Waals surface area contributed by atoms with Gasteiger partial charge < -0.3 is 5.32 Å². The van der Waals surface area contributed by atoms with Crippen LogP contribution in [0.3, 0.4) is 0 Å². The van der Waals surface area contributed by atoms with E-state index in [0.717, 1.165) is 12.5 Å². The van der Waals surface area contributed by atoms with Crippen molar-refractivity contribution in [1.82, 2.24) is 5.32 Å². The maximum absolute atomic E-state index is 4.22. The first-order valence-electron chi connectivity index (χ1n) is 4.46. The number of hydrogen-bond acceptors (Lipinski definition) is 1. The first kappa shape index (κ1) is 7.14. The normalized spacial score (nSPS) is 37.3. The summed E-state index contributed by atoms with van der Waals surface area (Å²) in [5, 5.41) is 3.36. The third kappa shape index (κ3) is 1.05. The van der Waals surface area contributed by atoms with Crippen LogP contribution in [0.1, 0.15) is 26.2 Å². The Morgan fingerprint density at radius 2 is 2.27 bits per heavy atom. The minimum Gasteiger partial charge on any atom is -0.374 e. The van der Waals surface area contributed by atoms with E-state index in [1.54, 1.807) is 0 Å². The van der Waals surface area contributed by atoms with Gasteiger partial charge >= 0.3 is 0 Å². The predicted octanol–water partition coefficient (Wildman–Crippen LogP) is 1.42. The average molecular weight is 152 g/mol. The number of nitrogens with one attached hydrogen (secondary N) is 1. The molecule has 1 atom stereocenters. The first-order chi connectivity index (χ1) is 5.27. The molecule has 11 heavy (non-hydrogen) atoms. The van der Waals surface area contributed by atoms with Crippen molar-refractivity contribution in [2.24, 2.45) is 16.3 Å². The highest BCUT2D eigenvalue weighted by Gasteiger charge is 2.49. The Kier molecular flexibility index (Phi) is 1.44. The summed E-state index contributed by atoms with van der Waals surface area (Å²) in [6.07, 6.45) is 4.05. The molecule has 0 radical (unpaired) electrons. The largest absolute Gasteiger partial charge is 0.374 e. The van der Waals surface area contributed by atoms with Crippen LogP contribution in [0, 0.1) is 11.3 Å². The molecular formula is C9H16N2. The topological polar surface area (TPSA) is 24.4 Å². The summed E-state index contributed by atoms with van der Waals surface area (Å²) in [5.74, 6) is 2.08. The average Bonchev–Trinajstić information content (AvgIpc) is 2.77. The van der Waals surface area contributed by atoms with E-state index >= 15 is 0 Å². The molecule has 1 aliphatic heterocycles. The molecule has 1 saturated heterocycles. The monoisotopic (exact) mass is 152 g/mol.